The van der Waals surface area contributed by atoms with E-state index in [1.807, 2.05) is 0 Å². The molecule has 2 heterocycles. The molecule has 2 aliphatic heterocycles. The summed E-state index contributed by atoms with van der Waals surface area (Å²) >= 11 is 0. The first kappa shape index (κ1) is 17.2. The number of phenols is 1. The van der Waals surface area contributed by atoms with Gasteiger partial charge in [0.1, 0.15) is 17.9 Å². The molecule has 1 aromatic rings. The summed E-state index contributed by atoms with van der Waals surface area (Å²) < 4.78 is 10.0. The minimum Gasteiger partial charge on any atom is -0.504 e. The number of imide groups is 1. The van der Waals surface area contributed by atoms with Crippen molar-refractivity contribution >= 4 is 17.8 Å². The summed E-state index contributed by atoms with van der Waals surface area (Å²) in [6.45, 7) is 1.62. The monoisotopic (exact) mass is 349 g/mol. The summed E-state index contributed by atoms with van der Waals surface area (Å²) in [5, 5.41) is 11.5. The SMILES string of the molecule is COC(=O)[C@@]1(C)[NH2+][C@@H](c2ccc(O)c(OC)c2)[C@H]2C(=O)N(C)C(=O)[C@@H]21. The zero-order chi connectivity index (χ0) is 18.5. The van der Waals surface area contributed by atoms with Crippen molar-refractivity contribution in [3.8, 4) is 11.5 Å². The first-order valence-corrected chi connectivity index (χ1v) is 7.89. The van der Waals surface area contributed by atoms with Crippen LogP contribution in [-0.4, -0.2) is 54.6 Å². The first-order chi connectivity index (χ1) is 11.8. The molecule has 0 bridgehead atoms. The van der Waals surface area contributed by atoms with Gasteiger partial charge in [-0.05, 0) is 18.2 Å². The van der Waals surface area contributed by atoms with Crippen molar-refractivity contribution in [3.63, 3.8) is 0 Å². The van der Waals surface area contributed by atoms with Crippen molar-refractivity contribution in [3.05, 3.63) is 23.8 Å². The topological polar surface area (TPSA) is 110 Å². The maximum Gasteiger partial charge on any atom is 0.368 e. The average Bonchev–Trinajstić information content (AvgIpc) is 3.04. The lowest BCUT2D eigenvalue weighted by Crippen LogP contribution is -2.97. The van der Waals surface area contributed by atoms with Crippen molar-refractivity contribution in [2.75, 3.05) is 21.3 Å². The van der Waals surface area contributed by atoms with Gasteiger partial charge in [-0.25, -0.2) is 4.79 Å². The number of likely N-dealkylation sites (tertiary alicyclic amines) is 1. The molecule has 0 aromatic heterocycles. The van der Waals surface area contributed by atoms with Gasteiger partial charge in [-0.3, -0.25) is 14.5 Å². The van der Waals surface area contributed by atoms with Crippen LogP contribution in [0.4, 0.5) is 0 Å². The number of nitrogens with zero attached hydrogens (tertiary/aromatic N) is 1. The minimum atomic E-state index is -1.20. The molecule has 8 heteroatoms. The third kappa shape index (κ3) is 2.28. The molecule has 3 rings (SSSR count). The van der Waals surface area contributed by atoms with Crippen molar-refractivity contribution in [2.45, 2.75) is 18.5 Å². The number of nitrogens with two attached hydrogens (primary N) is 1. The van der Waals surface area contributed by atoms with Crippen molar-refractivity contribution < 1.29 is 34.3 Å². The molecule has 4 atom stereocenters. The summed E-state index contributed by atoms with van der Waals surface area (Å²) in [4.78, 5) is 38.7. The summed E-state index contributed by atoms with van der Waals surface area (Å²) in [5.41, 5.74) is -0.513. The second-order valence-electron chi connectivity index (χ2n) is 6.64. The van der Waals surface area contributed by atoms with Crippen molar-refractivity contribution in [1.29, 1.82) is 0 Å². The van der Waals surface area contributed by atoms with Gasteiger partial charge in [0.25, 0.3) is 0 Å². The Morgan fingerprint density at radius 1 is 1.28 bits per heavy atom. The van der Waals surface area contributed by atoms with Crippen LogP contribution in [-0.2, 0) is 19.1 Å². The van der Waals surface area contributed by atoms with E-state index in [0.717, 1.165) is 4.90 Å². The highest BCUT2D eigenvalue weighted by atomic mass is 16.5. The molecule has 0 spiro atoms. The van der Waals surface area contributed by atoms with Crippen LogP contribution in [0.15, 0.2) is 18.2 Å². The van der Waals surface area contributed by atoms with Crippen LogP contribution in [0.25, 0.3) is 0 Å². The van der Waals surface area contributed by atoms with E-state index in [1.54, 1.807) is 24.4 Å². The number of methoxy groups -OCH3 is 2. The molecular weight excluding hydrogens is 328 g/mol. The van der Waals surface area contributed by atoms with Gasteiger partial charge in [-0.2, -0.15) is 0 Å². The van der Waals surface area contributed by atoms with Crippen LogP contribution in [0.5, 0.6) is 11.5 Å². The minimum absolute atomic E-state index is 0.0255. The lowest BCUT2D eigenvalue weighted by atomic mass is 9.80. The number of quaternary nitrogens is 1. The fourth-order valence-corrected chi connectivity index (χ4v) is 4.03. The third-order valence-electron chi connectivity index (χ3n) is 5.34. The van der Waals surface area contributed by atoms with E-state index in [2.05, 4.69) is 0 Å². The third-order valence-corrected chi connectivity index (χ3v) is 5.34. The molecule has 2 saturated heterocycles. The van der Waals surface area contributed by atoms with E-state index < -0.39 is 29.4 Å². The van der Waals surface area contributed by atoms with Gasteiger partial charge in [-0.15, -0.1) is 0 Å². The first-order valence-electron chi connectivity index (χ1n) is 7.89. The predicted octanol–water partition coefficient (Wildman–Crippen LogP) is -0.818. The van der Waals surface area contributed by atoms with Gasteiger partial charge in [0.15, 0.2) is 11.5 Å². The number of benzene rings is 1. The van der Waals surface area contributed by atoms with Gasteiger partial charge < -0.3 is 19.9 Å². The van der Waals surface area contributed by atoms with Crippen molar-refractivity contribution in [2.24, 2.45) is 11.8 Å². The summed E-state index contributed by atoms with van der Waals surface area (Å²) in [6.07, 6.45) is 0. The number of ether oxygens (including phenoxy) is 2. The molecule has 0 unspecified atom stereocenters. The Hall–Kier alpha value is -2.61. The van der Waals surface area contributed by atoms with E-state index >= 15 is 0 Å². The Labute approximate surface area is 144 Å². The van der Waals surface area contributed by atoms with Gasteiger partial charge >= 0.3 is 5.97 Å². The highest BCUT2D eigenvalue weighted by Gasteiger charge is 2.70. The molecule has 2 amide bonds. The maximum absolute atomic E-state index is 12.7. The van der Waals surface area contributed by atoms with Crippen LogP contribution >= 0.6 is 0 Å². The Morgan fingerprint density at radius 2 is 1.96 bits per heavy atom. The number of rotatable bonds is 3. The highest BCUT2D eigenvalue weighted by molar-refractivity contribution is 6.08. The number of hydrogen-bond donors (Lipinski definition) is 2. The summed E-state index contributed by atoms with van der Waals surface area (Å²) in [6, 6.07) is 4.28. The van der Waals surface area contributed by atoms with Gasteiger partial charge in [-0.1, -0.05) is 0 Å². The Morgan fingerprint density at radius 3 is 2.56 bits per heavy atom. The van der Waals surface area contributed by atoms with Gasteiger partial charge in [0, 0.05) is 19.5 Å². The fourth-order valence-electron chi connectivity index (χ4n) is 4.03. The normalized spacial score (nSPS) is 31.2. The van der Waals surface area contributed by atoms with Crippen LogP contribution < -0.4 is 10.1 Å². The molecule has 25 heavy (non-hydrogen) atoms. The number of phenolic OH excluding ortho intramolecular Hbond substituents is 1. The molecule has 0 saturated carbocycles. The van der Waals surface area contributed by atoms with E-state index in [1.165, 1.54) is 27.3 Å². The zero-order valence-corrected chi connectivity index (χ0v) is 14.5. The lowest BCUT2D eigenvalue weighted by Gasteiger charge is -2.24. The number of amides is 2. The van der Waals surface area contributed by atoms with Gasteiger partial charge in [0.2, 0.25) is 17.4 Å². The molecule has 134 valence electrons. The number of esters is 1. The summed E-state index contributed by atoms with van der Waals surface area (Å²) in [7, 11) is 4.12. The Balaban J connectivity index is 2.11. The van der Waals surface area contributed by atoms with E-state index in [4.69, 9.17) is 9.47 Å². The number of aromatic hydroxyl groups is 1. The molecular formula is C17H21N2O6+. The van der Waals surface area contributed by atoms with Crippen molar-refractivity contribution in [1.82, 2.24) is 4.90 Å². The lowest BCUT2D eigenvalue weighted by molar-refractivity contribution is -0.731. The maximum atomic E-state index is 12.7. The zero-order valence-electron chi connectivity index (χ0n) is 14.5. The van der Waals surface area contributed by atoms with E-state index in [-0.39, 0.29) is 23.3 Å². The molecule has 2 fully saturated rings. The fraction of sp³-hybridized carbons (Fsp3) is 0.471. The predicted molar refractivity (Wildman–Crippen MR) is 84.5 cm³/mol. The van der Waals surface area contributed by atoms with Crippen LogP contribution in [0, 0.1) is 11.8 Å². The van der Waals surface area contributed by atoms with Crippen LogP contribution in [0.2, 0.25) is 0 Å². The quantitative estimate of drug-likeness (QED) is 0.545. The molecule has 0 radical (unpaired) electrons. The van der Waals surface area contributed by atoms with Crippen LogP contribution in [0.1, 0.15) is 18.5 Å². The van der Waals surface area contributed by atoms with Crippen LogP contribution in [0.3, 0.4) is 0 Å². The Kier molecular flexibility index (Phi) is 3.95. The number of carbonyl (C=O) groups excluding carboxylic acids is 3. The second-order valence-corrected chi connectivity index (χ2v) is 6.64. The van der Waals surface area contributed by atoms with E-state index in [0.29, 0.717) is 5.56 Å². The molecule has 8 nitrogen and oxygen atoms in total. The number of fused-ring (bicyclic) bond motifs is 1. The molecule has 0 aliphatic carbocycles. The van der Waals surface area contributed by atoms with E-state index in [9.17, 15) is 19.5 Å². The molecule has 1 aromatic carbocycles. The average molecular weight is 349 g/mol. The Bertz CT molecular complexity index is 764. The molecule has 3 N–H and O–H groups in total. The largest absolute Gasteiger partial charge is 0.504 e. The number of hydrogen-bond acceptors (Lipinski definition) is 6. The summed E-state index contributed by atoms with van der Waals surface area (Å²) in [5.74, 6) is -2.50. The number of carbonyl (C=O) groups is 3. The smallest absolute Gasteiger partial charge is 0.368 e. The van der Waals surface area contributed by atoms with Gasteiger partial charge in [0.05, 0.1) is 14.2 Å². The molecule has 2 aliphatic rings. The standard InChI is InChI=1S/C17H20N2O6/c1-17(16(23)25-4)12-11(14(21)19(2)15(12)22)13(18-17)8-5-6-9(20)10(7-8)24-3/h5-7,11-13,18,20H,1-4H3/p+1/t11-,12+,13-,17-/m0/s1. The second kappa shape index (κ2) is 5.73. The highest BCUT2D eigenvalue weighted by Crippen LogP contribution is 2.44.